The standard InChI is InChI=1S/C24H25N3O2/c1-28-23-12-17-13-26-14-21(24-11-16-4-2-3-5-22(16)29-24)20(17)10-18(23)15-27-8-6-19(25)7-9-27/h2-5,10-14,19H,6-9,15,25H2,1H3. The SMILES string of the molecule is COc1cc2cncc(-c3cc4ccccc4o3)c2cc1CN1CCC(N)CC1. The summed E-state index contributed by atoms with van der Waals surface area (Å²) in [5.41, 5.74) is 9.14. The quantitative estimate of drug-likeness (QED) is 0.555. The third-order valence-corrected chi connectivity index (χ3v) is 5.88. The molecule has 5 heteroatoms. The van der Waals surface area contributed by atoms with Crippen molar-refractivity contribution in [3.63, 3.8) is 0 Å². The number of fused-ring (bicyclic) bond motifs is 2. The minimum atomic E-state index is 0.329. The van der Waals surface area contributed by atoms with Gasteiger partial charge in [0.2, 0.25) is 0 Å². The van der Waals surface area contributed by atoms with Crippen LogP contribution in [0.2, 0.25) is 0 Å². The van der Waals surface area contributed by atoms with Crippen molar-refractivity contribution in [1.82, 2.24) is 9.88 Å². The number of para-hydroxylation sites is 1. The van der Waals surface area contributed by atoms with Crippen LogP contribution in [0, 0.1) is 0 Å². The van der Waals surface area contributed by atoms with Crippen molar-refractivity contribution in [3.8, 4) is 17.1 Å². The van der Waals surface area contributed by atoms with Gasteiger partial charge in [-0.2, -0.15) is 0 Å². The van der Waals surface area contributed by atoms with Gasteiger partial charge in [0, 0.05) is 46.9 Å². The second kappa shape index (κ2) is 7.50. The highest BCUT2D eigenvalue weighted by atomic mass is 16.5. The predicted octanol–water partition coefficient (Wildman–Crippen LogP) is 4.58. The molecule has 1 fully saturated rings. The zero-order valence-corrected chi connectivity index (χ0v) is 16.6. The number of ether oxygens (including phenoxy) is 1. The molecule has 1 aliphatic rings. The summed E-state index contributed by atoms with van der Waals surface area (Å²) in [5, 5.41) is 3.27. The molecule has 1 saturated heterocycles. The van der Waals surface area contributed by atoms with E-state index in [0.717, 1.165) is 71.3 Å². The largest absolute Gasteiger partial charge is 0.496 e. The predicted molar refractivity (Wildman–Crippen MR) is 116 cm³/mol. The highest BCUT2D eigenvalue weighted by molar-refractivity contribution is 5.97. The third-order valence-electron chi connectivity index (χ3n) is 5.88. The van der Waals surface area contributed by atoms with Gasteiger partial charge >= 0.3 is 0 Å². The Hall–Kier alpha value is -2.89. The summed E-state index contributed by atoms with van der Waals surface area (Å²) >= 11 is 0. The topological polar surface area (TPSA) is 64.5 Å². The third kappa shape index (κ3) is 3.48. The van der Waals surface area contributed by atoms with Gasteiger partial charge in [-0.25, -0.2) is 0 Å². The van der Waals surface area contributed by atoms with Crippen molar-refractivity contribution < 1.29 is 9.15 Å². The van der Waals surface area contributed by atoms with Crippen LogP contribution in [-0.2, 0) is 6.54 Å². The molecule has 0 saturated carbocycles. The molecule has 0 aliphatic carbocycles. The number of pyridine rings is 1. The monoisotopic (exact) mass is 387 g/mol. The fourth-order valence-electron chi connectivity index (χ4n) is 4.22. The Bertz CT molecular complexity index is 1130. The molecule has 2 aromatic heterocycles. The van der Waals surface area contributed by atoms with E-state index in [4.69, 9.17) is 14.9 Å². The summed E-state index contributed by atoms with van der Waals surface area (Å²) in [5.74, 6) is 1.74. The molecule has 0 radical (unpaired) electrons. The number of methoxy groups -OCH3 is 1. The Balaban J connectivity index is 1.58. The number of hydrogen-bond donors (Lipinski definition) is 1. The van der Waals surface area contributed by atoms with Crippen LogP contribution in [0.1, 0.15) is 18.4 Å². The first-order valence-corrected chi connectivity index (χ1v) is 10.1. The minimum Gasteiger partial charge on any atom is -0.496 e. The molecule has 29 heavy (non-hydrogen) atoms. The highest BCUT2D eigenvalue weighted by Gasteiger charge is 2.19. The summed E-state index contributed by atoms with van der Waals surface area (Å²) in [4.78, 5) is 6.90. The lowest BCUT2D eigenvalue weighted by Gasteiger charge is -2.30. The first kappa shape index (κ1) is 18.2. The van der Waals surface area contributed by atoms with Crippen LogP contribution in [0.4, 0.5) is 0 Å². The van der Waals surface area contributed by atoms with E-state index in [-0.39, 0.29) is 0 Å². The van der Waals surface area contributed by atoms with Gasteiger partial charge in [-0.1, -0.05) is 18.2 Å². The van der Waals surface area contributed by atoms with Crippen LogP contribution in [0.25, 0.3) is 33.1 Å². The zero-order chi connectivity index (χ0) is 19.8. The molecule has 5 rings (SSSR count). The number of furan rings is 1. The van der Waals surface area contributed by atoms with Crippen molar-refractivity contribution in [1.29, 1.82) is 0 Å². The molecule has 2 aromatic carbocycles. The lowest BCUT2D eigenvalue weighted by atomic mass is 10.0. The van der Waals surface area contributed by atoms with Crippen LogP contribution in [-0.4, -0.2) is 36.1 Å². The first-order valence-electron chi connectivity index (χ1n) is 10.1. The van der Waals surface area contributed by atoms with Crippen molar-refractivity contribution in [2.75, 3.05) is 20.2 Å². The average Bonchev–Trinajstić information content (AvgIpc) is 3.18. The Morgan fingerprint density at radius 3 is 2.72 bits per heavy atom. The summed E-state index contributed by atoms with van der Waals surface area (Å²) in [7, 11) is 1.73. The molecule has 5 nitrogen and oxygen atoms in total. The maximum Gasteiger partial charge on any atom is 0.137 e. The van der Waals surface area contributed by atoms with E-state index in [9.17, 15) is 0 Å². The number of piperidine rings is 1. The van der Waals surface area contributed by atoms with Crippen molar-refractivity contribution in [2.45, 2.75) is 25.4 Å². The number of benzene rings is 2. The molecule has 1 aliphatic heterocycles. The molecular formula is C24H25N3O2. The van der Waals surface area contributed by atoms with Crippen LogP contribution >= 0.6 is 0 Å². The molecular weight excluding hydrogens is 362 g/mol. The van der Waals surface area contributed by atoms with Crippen LogP contribution < -0.4 is 10.5 Å². The lowest BCUT2D eigenvalue weighted by Crippen LogP contribution is -2.39. The van der Waals surface area contributed by atoms with E-state index >= 15 is 0 Å². The van der Waals surface area contributed by atoms with E-state index < -0.39 is 0 Å². The first-order chi connectivity index (χ1) is 14.2. The van der Waals surface area contributed by atoms with Gasteiger partial charge in [-0.3, -0.25) is 9.88 Å². The Kier molecular flexibility index (Phi) is 4.70. The Morgan fingerprint density at radius 1 is 1.10 bits per heavy atom. The smallest absolute Gasteiger partial charge is 0.137 e. The molecule has 0 spiro atoms. The summed E-state index contributed by atoms with van der Waals surface area (Å²) in [6.07, 6.45) is 5.86. The van der Waals surface area contributed by atoms with Crippen LogP contribution in [0.15, 0.2) is 59.3 Å². The Morgan fingerprint density at radius 2 is 1.93 bits per heavy atom. The second-order valence-electron chi connectivity index (χ2n) is 7.83. The molecule has 148 valence electrons. The normalized spacial score (nSPS) is 15.9. The van der Waals surface area contributed by atoms with Gasteiger partial charge in [0.15, 0.2) is 0 Å². The van der Waals surface area contributed by atoms with E-state index in [1.54, 1.807) is 7.11 Å². The zero-order valence-electron chi connectivity index (χ0n) is 16.6. The number of aromatic nitrogens is 1. The van der Waals surface area contributed by atoms with Crippen LogP contribution in [0.3, 0.4) is 0 Å². The number of hydrogen-bond acceptors (Lipinski definition) is 5. The molecule has 0 unspecified atom stereocenters. The summed E-state index contributed by atoms with van der Waals surface area (Å²) < 4.78 is 11.8. The molecule has 2 N–H and O–H groups in total. The lowest BCUT2D eigenvalue weighted by molar-refractivity contribution is 0.203. The fourth-order valence-corrected chi connectivity index (χ4v) is 4.22. The van der Waals surface area contributed by atoms with Gasteiger partial charge < -0.3 is 14.9 Å². The van der Waals surface area contributed by atoms with E-state index in [0.29, 0.717) is 6.04 Å². The van der Waals surface area contributed by atoms with Gasteiger partial charge in [-0.15, -0.1) is 0 Å². The average molecular weight is 387 g/mol. The molecule has 0 atom stereocenters. The maximum atomic E-state index is 6.12. The van der Waals surface area contributed by atoms with E-state index in [1.807, 2.05) is 30.6 Å². The molecule has 3 heterocycles. The van der Waals surface area contributed by atoms with Crippen LogP contribution in [0.5, 0.6) is 5.75 Å². The van der Waals surface area contributed by atoms with Crippen molar-refractivity contribution in [3.05, 3.63) is 60.4 Å². The number of likely N-dealkylation sites (tertiary alicyclic amines) is 1. The van der Waals surface area contributed by atoms with Gasteiger partial charge in [0.25, 0.3) is 0 Å². The molecule has 4 aromatic rings. The van der Waals surface area contributed by atoms with E-state index in [1.165, 1.54) is 5.56 Å². The Labute approximate surface area is 170 Å². The number of rotatable bonds is 4. The van der Waals surface area contributed by atoms with Gasteiger partial charge in [0.1, 0.15) is 17.1 Å². The minimum absolute atomic E-state index is 0.329. The number of nitrogens with zero attached hydrogens (tertiary/aromatic N) is 2. The van der Waals surface area contributed by atoms with E-state index in [2.05, 4.69) is 34.1 Å². The number of nitrogens with two attached hydrogens (primary N) is 1. The summed E-state index contributed by atoms with van der Waals surface area (Å²) in [6, 6.07) is 14.8. The second-order valence-corrected chi connectivity index (χ2v) is 7.83. The van der Waals surface area contributed by atoms with Gasteiger partial charge in [0.05, 0.1) is 7.11 Å². The highest BCUT2D eigenvalue weighted by Crippen LogP contribution is 2.35. The molecule has 0 bridgehead atoms. The maximum absolute atomic E-state index is 6.12. The van der Waals surface area contributed by atoms with Crippen molar-refractivity contribution >= 4 is 21.7 Å². The molecule has 0 amide bonds. The fraction of sp³-hybridized carbons (Fsp3) is 0.292. The van der Waals surface area contributed by atoms with Crippen molar-refractivity contribution in [2.24, 2.45) is 5.73 Å². The summed E-state index contributed by atoms with van der Waals surface area (Å²) in [6.45, 7) is 2.90. The van der Waals surface area contributed by atoms with Gasteiger partial charge in [-0.05, 0) is 55.6 Å².